The maximum Gasteiger partial charge on any atom is 0.323 e. The van der Waals surface area contributed by atoms with Crippen molar-refractivity contribution in [2.75, 3.05) is 7.11 Å². The number of hydrogen-bond donors (Lipinski definition) is 2. The van der Waals surface area contributed by atoms with Gasteiger partial charge in [0, 0.05) is 0 Å². The van der Waals surface area contributed by atoms with Crippen molar-refractivity contribution in [3.63, 3.8) is 0 Å². The third kappa shape index (κ3) is 4.07. The summed E-state index contributed by atoms with van der Waals surface area (Å²) in [6.07, 6.45) is -0.679. The minimum atomic E-state index is -0.679. The molecule has 0 aromatic heterocycles. The molecular weight excluding hydrogens is 182 g/mol. The van der Waals surface area contributed by atoms with E-state index in [9.17, 15) is 9.90 Å². The predicted octanol–water partition coefficient (Wildman–Crippen LogP) is 0.748. The second kappa shape index (κ2) is 5.98. The Bertz CT molecular complexity index is 180. The second-order valence-corrected chi connectivity index (χ2v) is 4.10. The van der Waals surface area contributed by atoms with E-state index < -0.39 is 12.3 Å². The summed E-state index contributed by atoms with van der Waals surface area (Å²) in [6, 6.07) is -0.447. The molecule has 0 saturated carbocycles. The van der Waals surface area contributed by atoms with Crippen LogP contribution in [0.5, 0.6) is 0 Å². The molecule has 0 bridgehead atoms. The SMILES string of the molecule is COC(=O)[C@@H](NC(O)C(C)C)C(C)C. The highest BCUT2D eigenvalue weighted by molar-refractivity contribution is 5.75. The van der Waals surface area contributed by atoms with Gasteiger partial charge in [0.1, 0.15) is 12.3 Å². The number of carbonyl (C=O) groups excluding carboxylic acids is 1. The fraction of sp³-hybridized carbons (Fsp3) is 0.900. The van der Waals surface area contributed by atoms with Gasteiger partial charge in [-0.2, -0.15) is 0 Å². The summed E-state index contributed by atoms with van der Waals surface area (Å²) in [6.45, 7) is 7.57. The molecule has 0 saturated heterocycles. The van der Waals surface area contributed by atoms with Crippen molar-refractivity contribution in [2.45, 2.75) is 40.0 Å². The Balaban J connectivity index is 4.30. The molecule has 0 radical (unpaired) electrons. The Kier molecular flexibility index (Phi) is 5.72. The summed E-state index contributed by atoms with van der Waals surface area (Å²) in [5, 5.41) is 12.4. The molecule has 0 aliphatic carbocycles. The van der Waals surface area contributed by atoms with E-state index in [1.807, 2.05) is 27.7 Å². The van der Waals surface area contributed by atoms with E-state index in [1.54, 1.807) is 0 Å². The standard InChI is InChI=1S/C10H21NO3/c1-6(2)8(10(13)14-5)11-9(12)7(3)4/h6-9,11-12H,1-5H3/t8-,9?/m0/s1. The van der Waals surface area contributed by atoms with Gasteiger partial charge in [-0.1, -0.05) is 27.7 Å². The average Bonchev–Trinajstić information content (AvgIpc) is 2.11. The van der Waals surface area contributed by atoms with Crippen molar-refractivity contribution >= 4 is 5.97 Å². The lowest BCUT2D eigenvalue weighted by Crippen LogP contribution is -2.48. The number of rotatable bonds is 5. The fourth-order valence-electron chi connectivity index (χ4n) is 1.04. The van der Waals surface area contributed by atoms with Gasteiger partial charge in [-0.05, 0) is 11.8 Å². The van der Waals surface area contributed by atoms with Gasteiger partial charge in [0.15, 0.2) is 0 Å². The van der Waals surface area contributed by atoms with Crippen LogP contribution in [0.4, 0.5) is 0 Å². The minimum absolute atomic E-state index is 0.0703. The van der Waals surface area contributed by atoms with Gasteiger partial charge in [-0.25, -0.2) is 0 Å². The number of ether oxygens (including phenoxy) is 1. The summed E-state index contributed by atoms with van der Waals surface area (Å²) < 4.78 is 4.64. The lowest BCUT2D eigenvalue weighted by molar-refractivity contribution is -0.145. The molecule has 0 spiro atoms. The zero-order valence-electron chi connectivity index (χ0n) is 9.57. The maximum absolute atomic E-state index is 11.3. The highest BCUT2D eigenvalue weighted by atomic mass is 16.5. The number of esters is 1. The molecule has 2 atom stereocenters. The van der Waals surface area contributed by atoms with E-state index in [2.05, 4.69) is 10.1 Å². The average molecular weight is 203 g/mol. The summed E-state index contributed by atoms with van der Waals surface area (Å²) in [7, 11) is 1.35. The zero-order valence-corrected chi connectivity index (χ0v) is 9.57. The van der Waals surface area contributed by atoms with Crippen molar-refractivity contribution in [1.82, 2.24) is 5.32 Å². The highest BCUT2D eigenvalue weighted by Crippen LogP contribution is 2.07. The normalized spacial score (nSPS) is 15.7. The Hall–Kier alpha value is -0.610. The van der Waals surface area contributed by atoms with Crippen LogP contribution in [0.2, 0.25) is 0 Å². The van der Waals surface area contributed by atoms with Crippen molar-refractivity contribution < 1.29 is 14.6 Å². The molecule has 0 fully saturated rings. The molecule has 0 aromatic rings. The third-order valence-electron chi connectivity index (χ3n) is 2.10. The largest absolute Gasteiger partial charge is 0.468 e. The molecular formula is C10H21NO3. The Morgan fingerprint density at radius 1 is 1.21 bits per heavy atom. The van der Waals surface area contributed by atoms with Crippen molar-refractivity contribution in [2.24, 2.45) is 11.8 Å². The van der Waals surface area contributed by atoms with Gasteiger partial charge < -0.3 is 9.84 Å². The summed E-state index contributed by atoms with van der Waals surface area (Å²) in [5.41, 5.74) is 0. The lowest BCUT2D eigenvalue weighted by Gasteiger charge is -2.25. The van der Waals surface area contributed by atoms with E-state index >= 15 is 0 Å². The molecule has 4 nitrogen and oxygen atoms in total. The van der Waals surface area contributed by atoms with Crippen LogP contribution in [0.3, 0.4) is 0 Å². The molecule has 4 heteroatoms. The minimum Gasteiger partial charge on any atom is -0.468 e. The number of aliphatic hydroxyl groups excluding tert-OH is 1. The Labute approximate surface area is 85.6 Å². The molecule has 0 heterocycles. The molecule has 0 amide bonds. The number of nitrogens with one attached hydrogen (secondary N) is 1. The Morgan fingerprint density at radius 2 is 1.71 bits per heavy atom. The van der Waals surface area contributed by atoms with Gasteiger partial charge in [-0.15, -0.1) is 0 Å². The quantitative estimate of drug-likeness (QED) is 0.511. The summed E-state index contributed by atoms with van der Waals surface area (Å²) in [5.74, 6) is -0.170. The van der Waals surface area contributed by atoms with Crippen molar-refractivity contribution in [3.8, 4) is 0 Å². The van der Waals surface area contributed by atoms with Crippen LogP contribution in [-0.4, -0.2) is 30.5 Å². The van der Waals surface area contributed by atoms with E-state index in [0.29, 0.717) is 0 Å². The molecule has 14 heavy (non-hydrogen) atoms. The maximum atomic E-state index is 11.3. The zero-order chi connectivity index (χ0) is 11.3. The van der Waals surface area contributed by atoms with Gasteiger partial charge in [0.2, 0.25) is 0 Å². The molecule has 0 aliphatic heterocycles. The monoisotopic (exact) mass is 203 g/mol. The predicted molar refractivity (Wildman–Crippen MR) is 54.6 cm³/mol. The Morgan fingerprint density at radius 3 is 2.00 bits per heavy atom. The van der Waals surface area contributed by atoms with Gasteiger partial charge >= 0.3 is 5.97 Å². The number of methoxy groups -OCH3 is 1. The van der Waals surface area contributed by atoms with Crippen LogP contribution in [0, 0.1) is 11.8 Å². The summed E-state index contributed by atoms with van der Waals surface area (Å²) in [4.78, 5) is 11.3. The second-order valence-electron chi connectivity index (χ2n) is 4.10. The fourth-order valence-corrected chi connectivity index (χ4v) is 1.04. The van der Waals surface area contributed by atoms with Crippen molar-refractivity contribution in [1.29, 1.82) is 0 Å². The van der Waals surface area contributed by atoms with Crippen LogP contribution in [0.1, 0.15) is 27.7 Å². The molecule has 0 aromatic carbocycles. The topological polar surface area (TPSA) is 58.6 Å². The first kappa shape index (κ1) is 13.4. The van der Waals surface area contributed by atoms with E-state index in [-0.39, 0.29) is 17.8 Å². The first-order chi connectivity index (χ1) is 6.40. The smallest absolute Gasteiger partial charge is 0.323 e. The van der Waals surface area contributed by atoms with Crippen LogP contribution in [-0.2, 0) is 9.53 Å². The summed E-state index contributed by atoms with van der Waals surface area (Å²) >= 11 is 0. The number of hydrogen-bond acceptors (Lipinski definition) is 4. The molecule has 1 unspecified atom stereocenters. The lowest BCUT2D eigenvalue weighted by atomic mass is 10.0. The highest BCUT2D eigenvalue weighted by Gasteiger charge is 2.25. The first-order valence-electron chi connectivity index (χ1n) is 4.92. The van der Waals surface area contributed by atoms with Gasteiger partial charge in [0.25, 0.3) is 0 Å². The van der Waals surface area contributed by atoms with E-state index in [1.165, 1.54) is 7.11 Å². The molecule has 0 rings (SSSR count). The first-order valence-corrected chi connectivity index (χ1v) is 4.92. The van der Waals surface area contributed by atoms with E-state index in [4.69, 9.17) is 0 Å². The van der Waals surface area contributed by atoms with Crippen LogP contribution in [0.15, 0.2) is 0 Å². The third-order valence-corrected chi connectivity index (χ3v) is 2.10. The van der Waals surface area contributed by atoms with Gasteiger partial charge in [-0.3, -0.25) is 10.1 Å². The number of aliphatic hydroxyl groups is 1. The van der Waals surface area contributed by atoms with Crippen LogP contribution >= 0.6 is 0 Å². The van der Waals surface area contributed by atoms with Crippen molar-refractivity contribution in [3.05, 3.63) is 0 Å². The molecule has 2 N–H and O–H groups in total. The van der Waals surface area contributed by atoms with E-state index in [0.717, 1.165) is 0 Å². The van der Waals surface area contributed by atoms with Crippen LogP contribution < -0.4 is 5.32 Å². The number of carbonyl (C=O) groups is 1. The van der Waals surface area contributed by atoms with Gasteiger partial charge in [0.05, 0.1) is 7.11 Å². The molecule has 0 aliphatic rings. The van der Waals surface area contributed by atoms with Crippen LogP contribution in [0.25, 0.3) is 0 Å². The molecule has 84 valence electrons.